The predicted octanol–water partition coefficient (Wildman–Crippen LogP) is -2.58. The minimum atomic E-state index is -1.31. The Morgan fingerprint density at radius 2 is 2.24 bits per heavy atom. The lowest BCUT2D eigenvalue weighted by Gasteiger charge is -2.24. The Bertz CT molecular complexity index is 314. The molecular weight excluding hydrogens is 230 g/mol. The van der Waals surface area contributed by atoms with Crippen molar-refractivity contribution >= 4 is 17.8 Å². The molecule has 17 heavy (non-hydrogen) atoms. The fraction of sp³-hybridized carbons (Fsp3) is 0.667. The van der Waals surface area contributed by atoms with Gasteiger partial charge in [0.2, 0.25) is 5.91 Å². The average Bonchev–Trinajstić information content (AvgIpc) is 2.28. The third-order valence-corrected chi connectivity index (χ3v) is 2.24. The van der Waals surface area contributed by atoms with Crippen molar-refractivity contribution in [3.05, 3.63) is 0 Å². The van der Waals surface area contributed by atoms with E-state index in [9.17, 15) is 14.4 Å². The smallest absolute Gasteiger partial charge is 0.326 e. The quantitative estimate of drug-likeness (QED) is 0.421. The number of nitrogens with one attached hydrogen (secondary N) is 2. The Kier molecular flexibility index (Phi) is 4.85. The normalized spacial score (nSPS) is 21.5. The van der Waals surface area contributed by atoms with Crippen LogP contribution in [0.5, 0.6) is 0 Å². The third kappa shape index (κ3) is 4.37. The second-order valence-electron chi connectivity index (χ2n) is 3.63. The lowest BCUT2D eigenvalue weighted by Crippen LogP contribution is -2.52. The van der Waals surface area contributed by atoms with E-state index >= 15 is 0 Å². The van der Waals surface area contributed by atoms with Gasteiger partial charge in [0.1, 0.15) is 12.1 Å². The lowest BCUT2D eigenvalue weighted by molar-refractivity contribution is -0.146. The maximum atomic E-state index is 11.6. The van der Waals surface area contributed by atoms with Crippen molar-refractivity contribution in [1.82, 2.24) is 10.6 Å². The monoisotopic (exact) mass is 245 g/mol. The summed E-state index contributed by atoms with van der Waals surface area (Å²) < 4.78 is 5.14. The lowest BCUT2D eigenvalue weighted by atomic mass is 10.2. The van der Waals surface area contributed by atoms with Gasteiger partial charge in [-0.25, -0.2) is 4.79 Å². The van der Waals surface area contributed by atoms with Gasteiger partial charge in [0, 0.05) is 13.1 Å². The molecule has 0 aliphatic carbocycles. The van der Waals surface area contributed by atoms with Crippen molar-refractivity contribution in [3.8, 4) is 0 Å². The number of nitrogens with two attached hydrogens (primary N) is 1. The predicted molar refractivity (Wildman–Crippen MR) is 56.0 cm³/mol. The van der Waals surface area contributed by atoms with Gasteiger partial charge in [0.05, 0.1) is 13.0 Å². The number of carbonyl (C=O) groups is 3. The van der Waals surface area contributed by atoms with E-state index in [1.54, 1.807) is 0 Å². The number of morpholine rings is 1. The largest absolute Gasteiger partial charge is 0.480 e. The summed E-state index contributed by atoms with van der Waals surface area (Å²) >= 11 is 0. The van der Waals surface area contributed by atoms with Crippen molar-refractivity contribution in [3.63, 3.8) is 0 Å². The molecule has 0 aromatic carbocycles. The van der Waals surface area contributed by atoms with Crippen molar-refractivity contribution in [2.45, 2.75) is 18.6 Å². The molecule has 0 saturated carbocycles. The van der Waals surface area contributed by atoms with Gasteiger partial charge in [-0.15, -0.1) is 0 Å². The second-order valence-corrected chi connectivity index (χ2v) is 3.63. The number of amides is 2. The van der Waals surface area contributed by atoms with Crippen LogP contribution in [-0.4, -0.2) is 54.7 Å². The molecule has 0 spiro atoms. The van der Waals surface area contributed by atoms with Gasteiger partial charge >= 0.3 is 5.97 Å². The summed E-state index contributed by atoms with van der Waals surface area (Å²) in [6.07, 6.45) is -1.18. The summed E-state index contributed by atoms with van der Waals surface area (Å²) in [5.74, 6) is -2.66. The van der Waals surface area contributed by atoms with Crippen LogP contribution in [0.1, 0.15) is 6.42 Å². The Morgan fingerprint density at radius 1 is 1.53 bits per heavy atom. The van der Waals surface area contributed by atoms with Crippen LogP contribution in [-0.2, 0) is 19.1 Å². The molecule has 2 amide bonds. The SMILES string of the molecule is NC(=O)C[C@H](NC(=O)C1CNCCO1)C(=O)O. The molecular formula is C9H15N3O5. The fourth-order valence-corrected chi connectivity index (χ4v) is 1.40. The van der Waals surface area contributed by atoms with E-state index in [1.807, 2.05) is 0 Å². The fourth-order valence-electron chi connectivity index (χ4n) is 1.40. The Hall–Kier alpha value is -1.67. The van der Waals surface area contributed by atoms with Crippen molar-refractivity contribution in [2.75, 3.05) is 19.7 Å². The van der Waals surface area contributed by atoms with Gasteiger partial charge in [0.25, 0.3) is 5.91 Å². The van der Waals surface area contributed by atoms with E-state index < -0.39 is 36.4 Å². The molecule has 2 atom stereocenters. The number of ether oxygens (including phenoxy) is 1. The van der Waals surface area contributed by atoms with Gasteiger partial charge in [-0.05, 0) is 0 Å². The molecule has 1 rings (SSSR count). The molecule has 0 aromatic rings. The van der Waals surface area contributed by atoms with Crippen molar-refractivity contribution < 1.29 is 24.2 Å². The first kappa shape index (κ1) is 13.4. The van der Waals surface area contributed by atoms with E-state index in [1.165, 1.54) is 0 Å². The van der Waals surface area contributed by atoms with Crippen LogP contribution in [0.3, 0.4) is 0 Å². The second kappa shape index (κ2) is 6.16. The van der Waals surface area contributed by atoms with Crippen LogP contribution in [0.25, 0.3) is 0 Å². The minimum Gasteiger partial charge on any atom is -0.480 e. The van der Waals surface area contributed by atoms with E-state index in [0.29, 0.717) is 19.7 Å². The summed E-state index contributed by atoms with van der Waals surface area (Å²) in [5.41, 5.74) is 4.89. The zero-order valence-electron chi connectivity index (χ0n) is 9.14. The van der Waals surface area contributed by atoms with E-state index in [2.05, 4.69) is 10.6 Å². The summed E-state index contributed by atoms with van der Waals surface area (Å²) in [6.45, 7) is 1.34. The van der Waals surface area contributed by atoms with E-state index in [0.717, 1.165) is 0 Å². The maximum Gasteiger partial charge on any atom is 0.326 e. The van der Waals surface area contributed by atoms with Crippen LogP contribution in [0.4, 0.5) is 0 Å². The molecule has 1 aliphatic rings. The number of carbonyl (C=O) groups excluding carboxylic acids is 2. The number of hydrogen-bond donors (Lipinski definition) is 4. The molecule has 0 radical (unpaired) electrons. The topological polar surface area (TPSA) is 131 Å². The molecule has 1 aliphatic heterocycles. The highest BCUT2D eigenvalue weighted by Gasteiger charge is 2.27. The van der Waals surface area contributed by atoms with Gasteiger partial charge in [-0.3, -0.25) is 9.59 Å². The van der Waals surface area contributed by atoms with Crippen LogP contribution in [0.2, 0.25) is 0 Å². The van der Waals surface area contributed by atoms with E-state index in [-0.39, 0.29) is 0 Å². The van der Waals surface area contributed by atoms with Crippen molar-refractivity contribution in [1.29, 1.82) is 0 Å². The summed E-state index contributed by atoms with van der Waals surface area (Å²) in [6, 6.07) is -1.31. The Morgan fingerprint density at radius 3 is 2.71 bits per heavy atom. The molecule has 0 aromatic heterocycles. The van der Waals surface area contributed by atoms with Crippen LogP contribution >= 0.6 is 0 Å². The third-order valence-electron chi connectivity index (χ3n) is 2.24. The number of carboxylic acid groups (broad SMARTS) is 1. The molecule has 96 valence electrons. The highest BCUT2D eigenvalue weighted by Crippen LogP contribution is 1.99. The van der Waals surface area contributed by atoms with Gasteiger partial charge in [-0.2, -0.15) is 0 Å². The number of primary amides is 1. The molecule has 0 bridgehead atoms. The van der Waals surface area contributed by atoms with Gasteiger partial charge < -0.3 is 26.2 Å². The van der Waals surface area contributed by atoms with Crippen LogP contribution < -0.4 is 16.4 Å². The molecule has 8 nitrogen and oxygen atoms in total. The number of hydrogen-bond acceptors (Lipinski definition) is 5. The number of carboxylic acids is 1. The summed E-state index contributed by atoms with van der Waals surface area (Å²) in [4.78, 5) is 33.0. The van der Waals surface area contributed by atoms with Gasteiger partial charge in [-0.1, -0.05) is 0 Å². The Labute approximate surface area is 97.5 Å². The van der Waals surface area contributed by atoms with Crippen molar-refractivity contribution in [2.24, 2.45) is 5.73 Å². The first-order chi connectivity index (χ1) is 8.00. The zero-order chi connectivity index (χ0) is 12.8. The number of aliphatic carboxylic acids is 1. The average molecular weight is 245 g/mol. The number of rotatable bonds is 5. The first-order valence-electron chi connectivity index (χ1n) is 5.14. The summed E-state index contributed by atoms with van der Waals surface area (Å²) in [5, 5.41) is 13.9. The molecule has 1 saturated heterocycles. The van der Waals surface area contributed by atoms with Crippen LogP contribution in [0, 0.1) is 0 Å². The van der Waals surface area contributed by atoms with Gasteiger partial charge in [0.15, 0.2) is 0 Å². The summed E-state index contributed by atoms with van der Waals surface area (Å²) in [7, 11) is 0. The molecule has 1 unspecified atom stereocenters. The highest BCUT2D eigenvalue weighted by molar-refractivity contribution is 5.89. The first-order valence-corrected chi connectivity index (χ1v) is 5.14. The minimum absolute atomic E-state index is 0.314. The standard InChI is InChI=1S/C9H15N3O5/c10-7(13)3-5(9(15)16)12-8(14)6-4-11-1-2-17-6/h5-6,11H,1-4H2,(H2,10,13)(H,12,14)(H,15,16)/t5-,6?/m0/s1. The highest BCUT2D eigenvalue weighted by atomic mass is 16.5. The molecule has 1 heterocycles. The molecule has 8 heteroatoms. The van der Waals surface area contributed by atoms with E-state index in [4.69, 9.17) is 15.6 Å². The maximum absolute atomic E-state index is 11.6. The zero-order valence-corrected chi connectivity index (χ0v) is 9.14. The van der Waals surface area contributed by atoms with Crippen LogP contribution in [0.15, 0.2) is 0 Å². The molecule has 1 fully saturated rings. The Balaban J connectivity index is 2.50. The molecule has 5 N–H and O–H groups in total.